The lowest BCUT2D eigenvalue weighted by Crippen LogP contribution is -2.10. The van der Waals surface area contributed by atoms with E-state index in [-0.39, 0.29) is 18.1 Å². The number of carbonyl (C=O) groups excluding carboxylic acids is 1. The Labute approximate surface area is 177 Å². The summed E-state index contributed by atoms with van der Waals surface area (Å²) in [4.78, 5) is 16.4. The molecule has 1 saturated carbocycles. The number of hydrogen-bond donors (Lipinski definition) is 3. The molecule has 9 heteroatoms. The first-order valence-electron chi connectivity index (χ1n) is 9.96. The molecule has 0 spiro atoms. The van der Waals surface area contributed by atoms with Crippen LogP contribution >= 0.6 is 0 Å². The third-order valence-corrected chi connectivity index (χ3v) is 5.22. The number of nitrogens with one attached hydrogen (secondary N) is 3. The zero-order chi connectivity index (χ0) is 21.5. The Balaban J connectivity index is 1.59. The van der Waals surface area contributed by atoms with E-state index in [0.29, 0.717) is 28.9 Å². The quantitative estimate of drug-likeness (QED) is 0.564. The van der Waals surface area contributed by atoms with Crippen molar-refractivity contribution in [2.45, 2.75) is 25.3 Å². The van der Waals surface area contributed by atoms with Gasteiger partial charge in [-0.1, -0.05) is 12.6 Å². The second-order valence-electron chi connectivity index (χ2n) is 7.60. The van der Waals surface area contributed by atoms with Gasteiger partial charge in [0.1, 0.15) is 11.6 Å². The summed E-state index contributed by atoms with van der Waals surface area (Å²) in [5.74, 6) is 0.853. The van der Waals surface area contributed by atoms with Crippen molar-refractivity contribution in [3.8, 4) is 5.75 Å². The molecule has 1 aliphatic carbocycles. The van der Waals surface area contributed by atoms with Crippen LogP contribution in [0.5, 0.6) is 5.75 Å². The first kappa shape index (κ1) is 19.1. The van der Waals surface area contributed by atoms with E-state index in [9.17, 15) is 9.18 Å². The van der Waals surface area contributed by atoms with Crippen molar-refractivity contribution >= 4 is 35.0 Å². The summed E-state index contributed by atoms with van der Waals surface area (Å²) in [5, 5.41) is 13.8. The van der Waals surface area contributed by atoms with Crippen LogP contribution in [-0.2, 0) is 4.79 Å². The zero-order valence-electron chi connectivity index (χ0n) is 16.9. The summed E-state index contributed by atoms with van der Waals surface area (Å²) in [6.45, 7) is 3.89. The van der Waals surface area contributed by atoms with E-state index in [2.05, 4.69) is 27.6 Å². The SMILES string of the molecule is C=C1NC(=O)C/C1=C\c1cnn2c(NC3CC3)cc(Nc3cccc(F)c3OC)nc12. The largest absolute Gasteiger partial charge is 0.492 e. The summed E-state index contributed by atoms with van der Waals surface area (Å²) in [6, 6.07) is 6.89. The highest BCUT2D eigenvalue weighted by Crippen LogP contribution is 2.32. The van der Waals surface area contributed by atoms with Crippen LogP contribution in [0.1, 0.15) is 24.8 Å². The second-order valence-corrected chi connectivity index (χ2v) is 7.60. The lowest BCUT2D eigenvalue weighted by atomic mass is 10.1. The molecule has 1 aliphatic heterocycles. The van der Waals surface area contributed by atoms with E-state index < -0.39 is 5.82 Å². The topological polar surface area (TPSA) is 92.6 Å². The average Bonchev–Trinajstić information content (AvgIpc) is 3.37. The highest BCUT2D eigenvalue weighted by Gasteiger charge is 2.24. The van der Waals surface area contributed by atoms with Gasteiger partial charge in [0, 0.05) is 23.4 Å². The number of para-hydroxylation sites is 1. The van der Waals surface area contributed by atoms with Gasteiger partial charge in [-0.15, -0.1) is 0 Å². The summed E-state index contributed by atoms with van der Waals surface area (Å²) in [6.07, 6.45) is 6.02. The van der Waals surface area contributed by atoms with Crippen molar-refractivity contribution in [1.29, 1.82) is 0 Å². The number of methoxy groups -OCH3 is 1. The average molecular weight is 420 g/mol. The van der Waals surface area contributed by atoms with E-state index in [1.165, 1.54) is 13.2 Å². The van der Waals surface area contributed by atoms with Crippen molar-refractivity contribution in [2.75, 3.05) is 17.7 Å². The molecule has 2 fully saturated rings. The van der Waals surface area contributed by atoms with Crippen molar-refractivity contribution in [3.05, 3.63) is 59.7 Å². The van der Waals surface area contributed by atoms with E-state index in [1.54, 1.807) is 22.8 Å². The molecule has 1 saturated heterocycles. The van der Waals surface area contributed by atoms with E-state index in [4.69, 9.17) is 9.72 Å². The molecule has 3 N–H and O–H groups in total. The van der Waals surface area contributed by atoms with Gasteiger partial charge in [-0.05, 0) is 36.6 Å². The minimum absolute atomic E-state index is 0.0858. The molecule has 1 amide bonds. The fourth-order valence-electron chi connectivity index (χ4n) is 3.54. The fraction of sp³-hybridized carbons (Fsp3) is 0.227. The van der Waals surface area contributed by atoms with Crippen molar-refractivity contribution in [1.82, 2.24) is 19.9 Å². The standard InChI is InChI=1S/C22H21FN6O2/c1-12-13(9-20(30)25-12)8-14-11-24-29-19(26-15-6-7-15)10-18(28-22(14)29)27-17-5-3-4-16(23)21(17)31-2/h3-5,8,10-11,15,26H,1,6-7,9H2,2H3,(H,25,30)(H,27,28)/b13-8+. The van der Waals surface area contributed by atoms with E-state index in [1.807, 2.05) is 12.1 Å². The number of fused-ring (bicyclic) bond motifs is 1. The summed E-state index contributed by atoms with van der Waals surface area (Å²) < 4.78 is 21.0. The Morgan fingerprint density at radius 1 is 1.39 bits per heavy atom. The molecule has 31 heavy (non-hydrogen) atoms. The van der Waals surface area contributed by atoms with Gasteiger partial charge in [0.15, 0.2) is 17.2 Å². The van der Waals surface area contributed by atoms with Crippen LogP contribution in [0.25, 0.3) is 11.7 Å². The van der Waals surface area contributed by atoms with Crippen LogP contribution in [0, 0.1) is 5.82 Å². The van der Waals surface area contributed by atoms with Gasteiger partial charge >= 0.3 is 0 Å². The van der Waals surface area contributed by atoms with Crippen LogP contribution in [0.4, 0.5) is 21.7 Å². The minimum Gasteiger partial charge on any atom is -0.492 e. The molecule has 3 heterocycles. The van der Waals surface area contributed by atoms with Crippen molar-refractivity contribution in [3.63, 3.8) is 0 Å². The van der Waals surface area contributed by atoms with Gasteiger partial charge in [0.2, 0.25) is 5.91 Å². The molecule has 1 aromatic carbocycles. The number of carbonyl (C=O) groups is 1. The minimum atomic E-state index is -0.461. The predicted octanol–water partition coefficient (Wildman–Crippen LogP) is 3.61. The summed E-state index contributed by atoms with van der Waals surface area (Å²) in [5.41, 5.74) is 3.20. The molecular formula is C22H21FN6O2. The number of allylic oxidation sites excluding steroid dienone is 1. The van der Waals surface area contributed by atoms with Gasteiger partial charge in [-0.25, -0.2) is 9.37 Å². The van der Waals surface area contributed by atoms with Crippen LogP contribution in [0.2, 0.25) is 0 Å². The van der Waals surface area contributed by atoms with Crippen LogP contribution < -0.4 is 20.7 Å². The van der Waals surface area contributed by atoms with Crippen molar-refractivity contribution in [2.24, 2.45) is 0 Å². The molecule has 0 unspecified atom stereocenters. The number of benzene rings is 1. The molecule has 158 valence electrons. The second kappa shape index (κ2) is 7.42. The molecule has 5 rings (SSSR count). The number of amides is 1. The fourth-order valence-corrected chi connectivity index (χ4v) is 3.54. The lowest BCUT2D eigenvalue weighted by molar-refractivity contribution is -0.118. The maximum absolute atomic E-state index is 14.1. The molecule has 2 aromatic heterocycles. The lowest BCUT2D eigenvalue weighted by Gasteiger charge is -2.14. The number of ether oxygens (including phenoxy) is 1. The Bertz CT molecular complexity index is 1240. The third kappa shape index (κ3) is 3.70. The van der Waals surface area contributed by atoms with Gasteiger partial charge in [0.05, 0.1) is 25.4 Å². The van der Waals surface area contributed by atoms with E-state index >= 15 is 0 Å². The third-order valence-electron chi connectivity index (χ3n) is 5.22. The smallest absolute Gasteiger partial charge is 0.228 e. The zero-order valence-corrected chi connectivity index (χ0v) is 16.9. The molecule has 2 aliphatic rings. The van der Waals surface area contributed by atoms with Gasteiger partial charge in [-0.3, -0.25) is 4.79 Å². The maximum Gasteiger partial charge on any atom is 0.228 e. The summed E-state index contributed by atoms with van der Waals surface area (Å²) >= 11 is 0. The number of rotatable bonds is 6. The first-order valence-corrected chi connectivity index (χ1v) is 9.96. The van der Waals surface area contributed by atoms with Crippen LogP contribution in [0.15, 0.2) is 48.3 Å². The Morgan fingerprint density at radius 3 is 2.94 bits per heavy atom. The van der Waals surface area contributed by atoms with Crippen LogP contribution in [-0.4, -0.2) is 33.7 Å². The van der Waals surface area contributed by atoms with Gasteiger partial charge < -0.3 is 20.7 Å². The Hall–Kier alpha value is -3.88. The predicted molar refractivity (Wildman–Crippen MR) is 116 cm³/mol. The normalized spacial score (nSPS) is 17.3. The highest BCUT2D eigenvalue weighted by atomic mass is 19.1. The van der Waals surface area contributed by atoms with E-state index in [0.717, 1.165) is 29.8 Å². The van der Waals surface area contributed by atoms with Gasteiger partial charge in [0.25, 0.3) is 0 Å². The molecule has 3 aromatic rings. The molecule has 0 bridgehead atoms. The monoisotopic (exact) mass is 420 g/mol. The molecule has 0 radical (unpaired) electrons. The Kier molecular flexibility index (Phi) is 4.58. The number of aromatic nitrogens is 3. The number of hydrogen-bond acceptors (Lipinski definition) is 6. The molecule has 0 atom stereocenters. The summed E-state index contributed by atoms with van der Waals surface area (Å²) in [7, 11) is 1.42. The number of nitrogens with zero attached hydrogens (tertiary/aromatic N) is 3. The van der Waals surface area contributed by atoms with Gasteiger partial charge in [-0.2, -0.15) is 9.61 Å². The number of anilines is 3. The van der Waals surface area contributed by atoms with Crippen molar-refractivity contribution < 1.29 is 13.9 Å². The first-order chi connectivity index (χ1) is 15.0. The highest BCUT2D eigenvalue weighted by molar-refractivity contribution is 5.89. The Morgan fingerprint density at radius 2 is 2.23 bits per heavy atom. The van der Waals surface area contributed by atoms with Crippen LogP contribution in [0.3, 0.4) is 0 Å². The molecular weight excluding hydrogens is 399 g/mol. The molecule has 8 nitrogen and oxygen atoms in total. The number of halogens is 1. The maximum atomic E-state index is 14.1.